The molecular formula is C51H30N4O2. The van der Waals surface area contributed by atoms with Gasteiger partial charge in [0.15, 0.2) is 11.6 Å². The van der Waals surface area contributed by atoms with Crippen LogP contribution in [0.2, 0.25) is 0 Å². The molecule has 0 radical (unpaired) electrons. The molecule has 0 bridgehead atoms. The van der Waals surface area contributed by atoms with Crippen molar-refractivity contribution in [3.63, 3.8) is 0 Å². The molecule has 0 saturated heterocycles. The predicted molar refractivity (Wildman–Crippen MR) is 230 cm³/mol. The summed E-state index contributed by atoms with van der Waals surface area (Å²) in [6.45, 7) is 0. The minimum absolute atomic E-state index is 0.578. The third kappa shape index (κ3) is 4.94. The van der Waals surface area contributed by atoms with Crippen LogP contribution in [0.1, 0.15) is 0 Å². The molecule has 0 aliphatic carbocycles. The van der Waals surface area contributed by atoms with Gasteiger partial charge in [-0.05, 0) is 53.1 Å². The van der Waals surface area contributed by atoms with Crippen LogP contribution in [-0.4, -0.2) is 19.5 Å². The van der Waals surface area contributed by atoms with Crippen molar-refractivity contribution in [2.45, 2.75) is 0 Å². The fourth-order valence-corrected chi connectivity index (χ4v) is 8.45. The van der Waals surface area contributed by atoms with E-state index < -0.39 is 0 Å². The molecule has 4 heterocycles. The SMILES string of the molecule is c1ccc(-c2nc(-c3ccc(-c4ccc5oc6c(-c7cccc8oc9ccccc9c78)cccc6c5c4)cc3)nc(-n3c4ccccc4c4ccccc43)n2)cc1. The monoisotopic (exact) mass is 730 g/mol. The molecule has 0 atom stereocenters. The number of para-hydroxylation sites is 4. The second-order valence-electron chi connectivity index (χ2n) is 14.4. The number of hydrogen-bond acceptors (Lipinski definition) is 5. The maximum Gasteiger partial charge on any atom is 0.238 e. The van der Waals surface area contributed by atoms with Crippen molar-refractivity contribution in [2.24, 2.45) is 0 Å². The number of nitrogens with zero attached hydrogens (tertiary/aromatic N) is 4. The summed E-state index contributed by atoms with van der Waals surface area (Å²) in [7, 11) is 0. The third-order valence-electron chi connectivity index (χ3n) is 11.1. The fraction of sp³-hybridized carbons (Fsp3) is 0. The van der Waals surface area contributed by atoms with Gasteiger partial charge in [-0.15, -0.1) is 0 Å². The number of aromatic nitrogens is 4. The molecule has 0 spiro atoms. The molecule has 0 amide bonds. The average Bonchev–Trinajstić information content (AvgIpc) is 3.96. The smallest absolute Gasteiger partial charge is 0.238 e. The molecule has 0 unspecified atom stereocenters. The summed E-state index contributed by atoms with van der Waals surface area (Å²) in [6.07, 6.45) is 0. The molecule has 4 aromatic heterocycles. The van der Waals surface area contributed by atoms with Crippen molar-refractivity contribution in [3.05, 3.63) is 182 Å². The number of fused-ring (bicyclic) bond motifs is 9. The van der Waals surface area contributed by atoms with Crippen molar-refractivity contribution in [1.82, 2.24) is 19.5 Å². The Morgan fingerprint density at radius 3 is 1.68 bits per heavy atom. The van der Waals surface area contributed by atoms with Crippen LogP contribution in [0.4, 0.5) is 0 Å². The van der Waals surface area contributed by atoms with Gasteiger partial charge in [-0.25, -0.2) is 4.98 Å². The molecule has 0 fully saturated rings. The van der Waals surface area contributed by atoms with E-state index in [1.54, 1.807) is 0 Å². The van der Waals surface area contributed by atoms with Gasteiger partial charge in [0, 0.05) is 49.0 Å². The van der Waals surface area contributed by atoms with Gasteiger partial charge in [0.05, 0.1) is 11.0 Å². The van der Waals surface area contributed by atoms with Crippen LogP contribution in [0.3, 0.4) is 0 Å². The lowest BCUT2D eigenvalue weighted by Crippen LogP contribution is -2.06. The first-order chi connectivity index (χ1) is 28.2. The number of rotatable bonds is 5. The Balaban J connectivity index is 0.960. The summed E-state index contributed by atoms with van der Waals surface area (Å²) in [5.41, 5.74) is 11.7. The fourth-order valence-electron chi connectivity index (χ4n) is 8.45. The van der Waals surface area contributed by atoms with Gasteiger partial charge in [0.1, 0.15) is 22.3 Å². The van der Waals surface area contributed by atoms with Crippen LogP contribution in [0, 0.1) is 0 Å². The molecule has 0 saturated carbocycles. The van der Waals surface area contributed by atoms with Crippen molar-refractivity contribution < 1.29 is 8.83 Å². The van der Waals surface area contributed by atoms with Gasteiger partial charge in [-0.1, -0.05) is 146 Å². The minimum Gasteiger partial charge on any atom is -0.456 e. The molecule has 0 aliphatic rings. The molecule has 6 nitrogen and oxygen atoms in total. The first-order valence-electron chi connectivity index (χ1n) is 19.0. The van der Waals surface area contributed by atoms with Crippen LogP contribution in [-0.2, 0) is 0 Å². The summed E-state index contributed by atoms with van der Waals surface area (Å²) in [6, 6.07) is 62.6. The number of benzene rings is 8. The summed E-state index contributed by atoms with van der Waals surface area (Å²) in [5, 5.41) is 6.64. The zero-order valence-corrected chi connectivity index (χ0v) is 30.4. The van der Waals surface area contributed by atoms with E-state index in [-0.39, 0.29) is 0 Å². The zero-order valence-electron chi connectivity index (χ0n) is 30.4. The van der Waals surface area contributed by atoms with E-state index in [9.17, 15) is 0 Å². The van der Waals surface area contributed by atoms with Crippen molar-refractivity contribution in [1.29, 1.82) is 0 Å². The van der Waals surface area contributed by atoms with Crippen molar-refractivity contribution in [2.75, 3.05) is 0 Å². The molecule has 8 aromatic carbocycles. The Morgan fingerprint density at radius 2 is 0.912 bits per heavy atom. The molecule has 6 heteroatoms. The Kier molecular flexibility index (Phi) is 6.83. The highest BCUT2D eigenvalue weighted by Crippen LogP contribution is 2.42. The second-order valence-corrected chi connectivity index (χ2v) is 14.4. The lowest BCUT2D eigenvalue weighted by molar-refractivity contribution is 0.668. The summed E-state index contributed by atoms with van der Waals surface area (Å²) < 4.78 is 15.0. The number of furan rings is 2. The van der Waals surface area contributed by atoms with Gasteiger partial charge >= 0.3 is 0 Å². The summed E-state index contributed by atoms with van der Waals surface area (Å²) in [5.74, 6) is 1.81. The minimum atomic E-state index is 0.578. The van der Waals surface area contributed by atoms with Crippen molar-refractivity contribution >= 4 is 65.7 Å². The molecule has 0 N–H and O–H groups in total. The van der Waals surface area contributed by atoms with Crippen LogP contribution >= 0.6 is 0 Å². The maximum absolute atomic E-state index is 6.63. The van der Waals surface area contributed by atoms with Crippen LogP contribution in [0.15, 0.2) is 191 Å². The van der Waals surface area contributed by atoms with Crippen LogP contribution < -0.4 is 0 Å². The molecule has 12 rings (SSSR count). The van der Waals surface area contributed by atoms with E-state index >= 15 is 0 Å². The first kappa shape index (κ1) is 31.5. The van der Waals surface area contributed by atoms with Gasteiger partial charge in [-0.3, -0.25) is 4.57 Å². The topological polar surface area (TPSA) is 69.9 Å². The highest BCUT2D eigenvalue weighted by Gasteiger charge is 2.20. The lowest BCUT2D eigenvalue weighted by Gasteiger charge is -2.11. The molecule has 57 heavy (non-hydrogen) atoms. The number of hydrogen-bond donors (Lipinski definition) is 0. The van der Waals surface area contributed by atoms with E-state index in [2.05, 4.69) is 132 Å². The van der Waals surface area contributed by atoms with Gasteiger partial charge in [0.2, 0.25) is 5.95 Å². The van der Waals surface area contributed by atoms with Gasteiger partial charge in [0.25, 0.3) is 0 Å². The molecule has 12 aromatic rings. The predicted octanol–water partition coefficient (Wildman–Crippen LogP) is 13.4. The summed E-state index contributed by atoms with van der Waals surface area (Å²) in [4.78, 5) is 15.2. The van der Waals surface area contributed by atoms with E-state index in [1.165, 1.54) is 0 Å². The Hall–Kier alpha value is -7.83. The van der Waals surface area contributed by atoms with E-state index in [0.29, 0.717) is 17.6 Å². The molecular weight excluding hydrogens is 701 g/mol. The standard InChI is InChI=1S/C51H30N4O2/c1-2-12-32(13-3-1)49-52-50(54-51(53-49)55-42-20-7-4-14-35(42)36-15-5-8-21-43(36)55)33-26-24-31(25-27-33)34-28-29-45-41(30-34)39-19-10-18-38(48(39)57-45)37-17-11-23-46-47(37)40-16-6-9-22-44(40)56-46/h1-30H. The third-order valence-corrected chi connectivity index (χ3v) is 11.1. The Labute approximate surface area is 325 Å². The maximum atomic E-state index is 6.63. The highest BCUT2D eigenvalue weighted by molar-refractivity contribution is 6.17. The van der Waals surface area contributed by atoms with Crippen LogP contribution in [0.5, 0.6) is 0 Å². The summed E-state index contributed by atoms with van der Waals surface area (Å²) >= 11 is 0. The van der Waals surface area contributed by atoms with Gasteiger partial charge < -0.3 is 8.83 Å². The highest BCUT2D eigenvalue weighted by atomic mass is 16.3. The van der Waals surface area contributed by atoms with E-state index in [1.807, 2.05) is 54.6 Å². The quantitative estimate of drug-likeness (QED) is 0.176. The largest absolute Gasteiger partial charge is 0.456 e. The van der Waals surface area contributed by atoms with Crippen LogP contribution in [0.25, 0.3) is 117 Å². The molecule has 0 aliphatic heterocycles. The Bertz CT molecular complexity index is 3470. The second kappa shape index (κ2) is 12.3. The van der Waals surface area contributed by atoms with Crippen molar-refractivity contribution in [3.8, 4) is 51.0 Å². The first-order valence-corrected chi connectivity index (χ1v) is 19.0. The molecule has 266 valence electrons. The lowest BCUT2D eigenvalue weighted by atomic mass is 9.97. The van der Waals surface area contributed by atoms with Gasteiger partial charge in [-0.2, -0.15) is 9.97 Å². The zero-order chi connectivity index (χ0) is 37.5. The normalized spacial score (nSPS) is 11.9. The average molecular weight is 731 g/mol. The van der Waals surface area contributed by atoms with E-state index in [4.69, 9.17) is 23.8 Å². The van der Waals surface area contributed by atoms with E-state index in [0.717, 1.165) is 99.1 Å². The Morgan fingerprint density at radius 1 is 0.351 bits per heavy atom.